The van der Waals surface area contributed by atoms with E-state index >= 15 is 0 Å². The molecule has 0 aliphatic heterocycles. The molecule has 6 nitrogen and oxygen atoms in total. The molecule has 1 heterocycles. The van der Waals surface area contributed by atoms with E-state index in [2.05, 4.69) is 9.97 Å². The maximum atomic E-state index is 11.1. The van der Waals surface area contributed by atoms with Crippen LogP contribution in [0.5, 0.6) is 0 Å². The molecule has 2 rings (SSSR count). The molecule has 1 atom stereocenters. The van der Waals surface area contributed by atoms with Gasteiger partial charge in [-0.15, -0.1) is 0 Å². The summed E-state index contributed by atoms with van der Waals surface area (Å²) >= 11 is 1.13. The van der Waals surface area contributed by atoms with Crippen LogP contribution < -0.4 is 0 Å². The highest BCUT2D eigenvalue weighted by Crippen LogP contribution is 2.34. The summed E-state index contributed by atoms with van der Waals surface area (Å²) in [6.07, 6.45) is 0.865. The lowest BCUT2D eigenvalue weighted by Crippen LogP contribution is -1.97. The van der Waals surface area contributed by atoms with Gasteiger partial charge in [-0.1, -0.05) is 6.07 Å². The summed E-state index contributed by atoms with van der Waals surface area (Å²) < 4.78 is 0. The van der Waals surface area contributed by atoms with Gasteiger partial charge in [-0.2, -0.15) is 0 Å². The molecule has 7 heteroatoms. The van der Waals surface area contributed by atoms with Gasteiger partial charge in [0.2, 0.25) is 0 Å². The Bertz CT molecular complexity index is 647. The fourth-order valence-corrected chi connectivity index (χ4v) is 2.47. The van der Waals surface area contributed by atoms with Crippen LogP contribution in [-0.4, -0.2) is 20.0 Å². The van der Waals surface area contributed by atoms with Crippen LogP contribution in [0.25, 0.3) is 0 Å². The lowest BCUT2D eigenvalue weighted by molar-refractivity contribution is -0.387. The zero-order valence-corrected chi connectivity index (χ0v) is 11.8. The van der Waals surface area contributed by atoms with Crippen molar-refractivity contribution < 1.29 is 10.0 Å². The smallest absolute Gasteiger partial charge is 0.283 e. The minimum atomic E-state index is -0.747. The highest BCUT2D eigenvalue weighted by molar-refractivity contribution is 7.99. The number of nitrogens with zero attached hydrogens (tertiary/aromatic N) is 3. The Morgan fingerprint density at radius 1 is 1.40 bits per heavy atom. The number of hydrogen-bond donors (Lipinski definition) is 1. The van der Waals surface area contributed by atoms with E-state index in [9.17, 15) is 15.2 Å². The van der Waals surface area contributed by atoms with Crippen LogP contribution in [0.1, 0.15) is 24.3 Å². The van der Waals surface area contributed by atoms with Gasteiger partial charge in [0.15, 0.2) is 5.16 Å². The van der Waals surface area contributed by atoms with Crippen molar-refractivity contribution in [1.29, 1.82) is 0 Å². The Morgan fingerprint density at radius 3 is 2.75 bits per heavy atom. The Balaban J connectivity index is 2.38. The average molecular weight is 291 g/mol. The number of nitro groups is 1. The molecular weight excluding hydrogens is 278 g/mol. The van der Waals surface area contributed by atoms with Gasteiger partial charge in [0, 0.05) is 18.0 Å². The first-order valence-corrected chi connectivity index (χ1v) is 6.73. The van der Waals surface area contributed by atoms with Crippen LogP contribution in [0.3, 0.4) is 0 Å². The van der Waals surface area contributed by atoms with Crippen molar-refractivity contribution in [3.8, 4) is 0 Å². The molecule has 0 unspecified atom stereocenters. The molecule has 0 spiro atoms. The largest absolute Gasteiger partial charge is 0.389 e. The second-order valence-electron chi connectivity index (χ2n) is 4.24. The second-order valence-corrected chi connectivity index (χ2v) is 5.25. The summed E-state index contributed by atoms with van der Waals surface area (Å²) in [7, 11) is 0. The Kier molecular flexibility index (Phi) is 4.31. The Labute approximate surface area is 120 Å². The zero-order chi connectivity index (χ0) is 14.7. The van der Waals surface area contributed by atoms with Gasteiger partial charge in [-0.05, 0) is 43.3 Å². The number of hydrogen-bond acceptors (Lipinski definition) is 6. The third kappa shape index (κ3) is 3.31. The van der Waals surface area contributed by atoms with Crippen LogP contribution in [0.4, 0.5) is 5.69 Å². The number of rotatable bonds is 4. The third-order valence-corrected chi connectivity index (χ3v) is 3.58. The van der Waals surface area contributed by atoms with Crippen molar-refractivity contribution in [2.75, 3.05) is 0 Å². The Hall–Kier alpha value is -1.99. The van der Waals surface area contributed by atoms with Crippen LogP contribution in [0, 0.1) is 17.0 Å². The minimum absolute atomic E-state index is 0.0569. The maximum Gasteiger partial charge on any atom is 0.283 e. The highest BCUT2D eigenvalue weighted by atomic mass is 32.2. The molecule has 1 aromatic heterocycles. The van der Waals surface area contributed by atoms with Crippen molar-refractivity contribution in [2.24, 2.45) is 0 Å². The molecule has 1 aromatic carbocycles. The molecule has 2 aromatic rings. The van der Waals surface area contributed by atoms with Crippen LogP contribution in [0.2, 0.25) is 0 Å². The molecule has 0 saturated carbocycles. The molecule has 0 aliphatic carbocycles. The topological polar surface area (TPSA) is 89.2 Å². The lowest BCUT2D eigenvalue weighted by Gasteiger charge is -2.07. The summed E-state index contributed by atoms with van der Waals surface area (Å²) in [5.41, 5.74) is 1.25. The predicted molar refractivity (Wildman–Crippen MR) is 74.6 cm³/mol. The van der Waals surface area contributed by atoms with E-state index in [4.69, 9.17) is 0 Å². The molecule has 0 radical (unpaired) electrons. The first kappa shape index (κ1) is 14.4. The monoisotopic (exact) mass is 291 g/mol. The van der Waals surface area contributed by atoms with Gasteiger partial charge in [0.1, 0.15) is 0 Å². The molecule has 0 fully saturated rings. The number of aromatic nitrogens is 2. The first-order chi connectivity index (χ1) is 9.47. The van der Waals surface area contributed by atoms with E-state index < -0.39 is 11.0 Å². The normalized spacial score (nSPS) is 12.2. The van der Waals surface area contributed by atoms with E-state index in [-0.39, 0.29) is 5.69 Å². The van der Waals surface area contributed by atoms with E-state index in [0.717, 1.165) is 17.5 Å². The number of benzene rings is 1. The maximum absolute atomic E-state index is 11.1. The Morgan fingerprint density at radius 2 is 2.15 bits per heavy atom. The lowest BCUT2D eigenvalue weighted by atomic mass is 10.1. The van der Waals surface area contributed by atoms with Gasteiger partial charge in [-0.25, -0.2) is 9.97 Å². The van der Waals surface area contributed by atoms with E-state index in [1.165, 1.54) is 6.07 Å². The van der Waals surface area contributed by atoms with Crippen molar-refractivity contribution in [3.63, 3.8) is 0 Å². The van der Waals surface area contributed by atoms with Crippen molar-refractivity contribution >= 4 is 17.4 Å². The van der Waals surface area contributed by atoms with E-state index in [1.54, 1.807) is 31.3 Å². The van der Waals surface area contributed by atoms with Crippen molar-refractivity contribution in [1.82, 2.24) is 9.97 Å². The summed E-state index contributed by atoms with van der Waals surface area (Å²) in [5, 5.41) is 21.1. The van der Waals surface area contributed by atoms with Crippen LogP contribution >= 0.6 is 11.8 Å². The molecule has 0 bridgehead atoms. The van der Waals surface area contributed by atoms with Gasteiger partial charge >= 0.3 is 0 Å². The van der Waals surface area contributed by atoms with E-state index in [0.29, 0.717) is 15.6 Å². The second kappa shape index (κ2) is 5.98. The quantitative estimate of drug-likeness (QED) is 0.529. The first-order valence-electron chi connectivity index (χ1n) is 5.91. The van der Waals surface area contributed by atoms with Gasteiger partial charge in [-0.3, -0.25) is 10.1 Å². The van der Waals surface area contributed by atoms with Gasteiger partial charge in [0.05, 0.1) is 15.9 Å². The summed E-state index contributed by atoms with van der Waals surface area (Å²) in [5.74, 6) is 0. The molecular formula is C13H13N3O3S. The molecule has 20 heavy (non-hydrogen) atoms. The third-order valence-electron chi connectivity index (χ3n) is 2.64. The van der Waals surface area contributed by atoms with Gasteiger partial charge < -0.3 is 5.11 Å². The number of aliphatic hydroxyl groups excluding tert-OH is 1. The van der Waals surface area contributed by atoms with Gasteiger partial charge in [0.25, 0.3) is 5.69 Å². The van der Waals surface area contributed by atoms with Crippen molar-refractivity contribution in [3.05, 3.63) is 51.8 Å². The SMILES string of the molecule is Cc1ccnc(Sc2ccc([C@H](C)O)cc2[N+](=O)[O-])n1. The molecule has 0 amide bonds. The van der Waals surface area contributed by atoms with Crippen LogP contribution in [0.15, 0.2) is 40.5 Å². The number of aryl methyl sites for hydroxylation is 1. The average Bonchev–Trinajstić information content (AvgIpc) is 2.38. The summed E-state index contributed by atoms with van der Waals surface area (Å²) in [4.78, 5) is 19.4. The standard InChI is InChI=1S/C13H13N3O3S/c1-8-5-6-14-13(15-8)20-12-4-3-10(9(2)17)7-11(12)16(18)19/h3-7,9,17H,1-2H3/t9-/m0/s1. The fraction of sp³-hybridized carbons (Fsp3) is 0.231. The minimum Gasteiger partial charge on any atom is -0.389 e. The molecule has 104 valence electrons. The number of aliphatic hydroxyl groups is 1. The fourth-order valence-electron chi connectivity index (χ4n) is 1.60. The molecule has 0 saturated heterocycles. The van der Waals surface area contributed by atoms with Crippen molar-refractivity contribution in [2.45, 2.75) is 30.0 Å². The summed E-state index contributed by atoms with van der Waals surface area (Å²) in [6, 6.07) is 6.41. The summed E-state index contributed by atoms with van der Waals surface area (Å²) in [6.45, 7) is 3.40. The highest BCUT2D eigenvalue weighted by Gasteiger charge is 2.18. The molecule has 0 aliphatic rings. The predicted octanol–water partition coefficient (Wildman–Crippen LogP) is 2.90. The van der Waals surface area contributed by atoms with Crippen LogP contribution in [-0.2, 0) is 0 Å². The number of nitro benzene ring substituents is 1. The zero-order valence-electron chi connectivity index (χ0n) is 11.0. The van der Waals surface area contributed by atoms with E-state index in [1.807, 2.05) is 6.92 Å². The molecule has 1 N–H and O–H groups in total.